The van der Waals surface area contributed by atoms with Crippen molar-refractivity contribution in [3.05, 3.63) is 11.6 Å². The van der Waals surface area contributed by atoms with E-state index in [1.165, 1.54) is 37.7 Å². The first-order valence-electron chi connectivity index (χ1n) is 8.81. The van der Waals surface area contributed by atoms with Gasteiger partial charge >= 0.3 is 0 Å². The molecule has 0 saturated heterocycles. The van der Waals surface area contributed by atoms with Crippen LogP contribution in [0.4, 0.5) is 0 Å². The number of rotatable bonds is 0. The zero-order valence-electron chi connectivity index (χ0n) is 13.0. The molecule has 3 saturated carbocycles. The molecule has 0 radical (unpaired) electrons. The Hall–Kier alpha value is -0.590. The maximum Gasteiger partial charge on any atom is 0.136 e. The van der Waals surface area contributed by atoms with E-state index in [1.54, 1.807) is 0 Å². The second-order valence-electron chi connectivity index (χ2n) is 8.33. The number of ketones is 1. The van der Waals surface area contributed by atoms with Crippen LogP contribution in [0.5, 0.6) is 0 Å². The van der Waals surface area contributed by atoms with Crippen molar-refractivity contribution in [1.29, 1.82) is 0 Å². The Labute approximate surface area is 123 Å². The molecule has 3 fully saturated rings. The number of hydrogen-bond donors (Lipinski definition) is 0. The van der Waals surface area contributed by atoms with Crippen LogP contribution in [0, 0.1) is 35.0 Å². The van der Waals surface area contributed by atoms with Crippen LogP contribution in [0.25, 0.3) is 0 Å². The molecule has 0 spiro atoms. The highest BCUT2D eigenvalue weighted by atomic mass is 16.1. The molecule has 0 N–H and O–H groups in total. The van der Waals surface area contributed by atoms with Crippen LogP contribution in [-0.4, -0.2) is 5.78 Å². The third-order valence-electron chi connectivity index (χ3n) is 7.61. The van der Waals surface area contributed by atoms with Gasteiger partial charge in [0, 0.05) is 12.8 Å². The van der Waals surface area contributed by atoms with Crippen molar-refractivity contribution in [2.75, 3.05) is 0 Å². The Kier molecular flexibility index (Phi) is 2.91. The molecule has 0 amide bonds. The average Bonchev–Trinajstić information content (AvgIpc) is 2.82. The van der Waals surface area contributed by atoms with Gasteiger partial charge in [-0.1, -0.05) is 31.9 Å². The van der Waals surface area contributed by atoms with Crippen molar-refractivity contribution in [2.24, 2.45) is 35.0 Å². The summed E-state index contributed by atoms with van der Waals surface area (Å²) in [6, 6.07) is 0. The highest BCUT2D eigenvalue weighted by molar-refractivity contribution is 5.82. The molecule has 1 heteroatoms. The zero-order valence-corrected chi connectivity index (χ0v) is 13.0. The number of Topliss-reactive ketones (excluding diaryl/α,β-unsaturated/α-hetero) is 1. The predicted octanol–water partition coefficient (Wildman–Crippen LogP) is 4.76. The van der Waals surface area contributed by atoms with Crippen LogP contribution < -0.4 is 0 Å². The van der Waals surface area contributed by atoms with Gasteiger partial charge in [-0.3, -0.25) is 4.79 Å². The molecule has 0 aliphatic heterocycles. The second kappa shape index (κ2) is 4.45. The maximum atomic E-state index is 11.8. The van der Waals surface area contributed by atoms with Crippen molar-refractivity contribution in [1.82, 2.24) is 0 Å². The fourth-order valence-corrected chi connectivity index (χ4v) is 6.42. The van der Waals surface area contributed by atoms with E-state index in [0.717, 1.165) is 48.9 Å². The highest BCUT2D eigenvalue weighted by Crippen LogP contribution is 2.61. The lowest BCUT2D eigenvalue weighted by atomic mass is 9.50. The second-order valence-corrected chi connectivity index (χ2v) is 8.33. The monoisotopic (exact) mass is 272 g/mol. The van der Waals surface area contributed by atoms with Crippen LogP contribution in [-0.2, 0) is 4.79 Å². The summed E-state index contributed by atoms with van der Waals surface area (Å²) in [6.07, 6.45) is 12.3. The molecular formula is C19H28O. The van der Waals surface area contributed by atoms with Crippen LogP contribution >= 0.6 is 0 Å². The van der Waals surface area contributed by atoms with E-state index >= 15 is 0 Å². The summed E-state index contributed by atoms with van der Waals surface area (Å²) in [6.45, 7) is 4.97. The lowest BCUT2D eigenvalue weighted by molar-refractivity contribution is -0.121. The average molecular weight is 272 g/mol. The number of carbonyl (C=O) groups is 1. The first kappa shape index (κ1) is 13.1. The topological polar surface area (TPSA) is 17.1 Å². The van der Waals surface area contributed by atoms with Gasteiger partial charge in [0.15, 0.2) is 0 Å². The number of fused-ring (bicyclic) bond motifs is 5. The van der Waals surface area contributed by atoms with E-state index in [4.69, 9.17) is 0 Å². The minimum absolute atomic E-state index is 0.369. The maximum absolute atomic E-state index is 11.8. The largest absolute Gasteiger partial charge is 0.299 e. The third-order valence-corrected chi connectivity index (χ3v) is 7.61. The van der Waals surface area contributed by atoms with Gasteiger partial charge in [-0.2, -0.15) is 0 Å². The molecule has 110 valence electrons. The van der Waals surface area contributed by atoms with Gasteiger partial charge in [0.05, 0.1) is 0 Å². The van der Waals surface area contributed by atoms with Crippen LogP contribution in [0.3, 0.4) is 0 Å². The first-order chi connectivity index (χ1) is 9.59. The lowest BCUT2D eigenvalue weighted by Crippen LogP contribution is -2.46. The molecule has 0 aromatic carbocycles. The molecule has 0 aromatic rings. The molecular weight excluding hydrogens is 244 g/mol. The van der Waals surface area contributed by atoms with Crippen LogP contribution in [0.15, 0.2) is 11.6 Å². The van der Waals surface area contributed by atoms with Gasteiger partial charge in [0.25, 0.3) is 0 Å². The summed E-state index contributed by atoms with van der Waals surface area (Å²) in [5.41, 5.74) is 1.88. The van der Waals surface area contributed by atoms with E-state index in [-0.39, 0.29) is 0 Å². The highest BCUT2D eigenvalue weighted by Gasteiger charge is 2.53. The Bertz CT molecular complexity index is 462. The van der Waals surface area contributed by atoms with Crippen molar-refractivity contribution in [2.45, 2.75) is 65.2 Å². The van der Waals surface area contributed by atoms with E-state index in [0.29, 0.717) is 11.2 Å². The quantitative estimate of drug-likeness (QED) is 0.581. The molecule has 20 heavy (non-hydrogen) atoms. The predicted molar refractivity (Wildman–Crippen MR) is 81.3 cm³/mol. The van der Waals surface area contributed by atoms with Gasteiger partial charge in [0.1, 0.15) is 5.78 Å². The van der Waals surface area contributed by atoms with Crippen molar-refractivity contribution >= 4 is 5.78 Å². The summed E-state index contributed by atoms with van der Waals surface area (Å²) in [5.74, 6) is 5.27. The van der Waals surface area contributed by atoms with Gasteiger partial charge in [-0.25, -0.2) is 0 Å². The Balaban J connectivity index is 1.66. The number of hydrogen-bond acceptors (Lipinski definition) is 1. The van der Waals surface area contributed by atoms with Gasteiger partial charge in [-0.05, 0) is 67.1 Å². The fourth-order valence-electron chi connectivity index (χ4n) is 6.42. The Morgan fingerprint density at radius 3 is 2.75 bits per heavy atom. The lowest BCUT2D eigenvalue weighted by Gasteiger charge is -2.54. The Morgan fingerprint density at radius 2 is 1.90 bits per heavy atom. The summed E-state index contributed by atoms with van der Waals surface area (Å²) in [7, 11) is 0. The van der Waals surface area contributed by atoms with Crippen molar-refractivity contribution in [3.63, 3.8) is 0 Å². The van der Waals surface area contributed by atoms with E-state index in [2.05, 4.69) is 19.9 Å². The standard InChI is InChI=1S/C19H28O/c1-12-3-5-16-15(12)7-8-18-17(16)6-4-13-11-14(20)9-10-19(13,18)2/h4,12,15-18H,3,5-11H2,1-2H3. The number of allylic oxidation sites excluding steroid dienone is 2. The summed E-state index contributed by atoms with van der Waals surface area (Å²) >= 11 is 0. The molecule has 1 nitrogen and oxygen atoms in total. The number of carbonyl (C=O) groups excluding carboxylic acids is 1. The smallest absolute Gasteiger partial charge is 0.136 e. The van der Waals surface area contributed by atoms with Crippen molar-refractivity contribution in [3.8, 4) is 0 Å². The fraction of sp³-hybridized carbons (Fsp3) is 0.842. The van der Waals surface area contributed by atoms with E-state index < -0.39 is 0 Å². The van der Waals surface area contributed by atoms with Gasteiger partial charge in [0.2, 0.25) is 0 Å². The summed E-state index contributed by atoms with van der Waals surface area (Å²) in [4.78, 5) is 11.8. The van der Waals surface area contributed by atoms with Gasteiger partial charge < -0.3 is 0 Å². The van der Waals surface area contributed by atoms with Gasteiger partial charge in [-0.15, -0.1) is 0 Å². The molecule has 4 aliphatic rings. The molecule has 6 unspecified atom stereocenters. The van der Waals surface area contributed by atoms with E-state index in [9.17, 15) is 4.79 Å². The SMILES string of the molecule is CC1CCC2C1CCC1C2CC=C2CC(=O)CCC21C. The molecule has 4 rings (SSSR count). The van der Waals surface area contributed by atoms with Crippen LogP contribution in [0.1, 0.15) is 65.2 Å². The van der Waals surface area contributed by atoms with E-state index in [1.807, 2.05) is 0 Å². The minimum atomic E-state index is 0.369. The molecule has 4 aliphatic carbocycles. The third kappa shape index (κ3) is 1.71. The minimum Gasteiger partial charge on any atom is -0.299 e. The molecule has 0 aromatic heterocycles. The van der Waals surface area contributed by atoms with Crippen molar-refractivity contribution < 1.29 is 4.79 Å². The summed E-state index contributed by atoms with van der Waals surface area (Å²) in [5, 5.41) is 0. The Morgan fingerprint density at radius 1 is 1.10 bits per heavy atom. The molecule has 0 bridgehead atoms. The summed E-state index contributed by atoms with van der Waals surface area (Å²) < 4.78 is 0. The first-order valence-corrected chi connectivity index (χ1v) is 8.81. The molecule has 6 atom stereocenters. The zero-order chi connectivity index (χ0) is 13.9. The van der Waals surface area contributed by atoms with Crippen LogP contribution in [0.2, 0.25) is 0 Å². The molecule has 0 heterocycles. The normalized spacial score (nSPS) is 51.0.